The summed E-state index contributed by atoms with van der Waals surface area (Å²) in [5.41, 5.74) is 0. The Hall–Kier alpha value is -1.40. The number of ether oxygens (including phenoxy) is 1. The van der Waals surface area contributed by atoms with Gasteiger partial charge < -0.3 is 10.1 Å². The molecule has 6 heteroatoms. The van der Waals surface area contributed by atoms with Gasteiger partial charge in [0.15, 0.2) is 0 Å². The van der Waals surface area contributed by atoms with Gasteiger partial charge >= 0.3 is 0 Å². The number of amides is 1. The van der Waals surface area contributed by atoms with E-state index >= 15 is 0 Å². The molecule has 22 heavy (non-hydrogen) atoms. The molecule has 0 bridgehead atoms. The largest absolute Gasteiger partial charge is 0.381 e. The van der Waals surface area contributed by atoms with Crippen LogP contribution in [-0.4, -0.2) is 59.0 Å². The first-order valence-corrected chi connectivity index (χ1v) is 8.40. The van der Waals surface area contributed by atoms with Crippen molar-refractivity contribution in [3.8, 4) is 0 Å². The fourth-order valence-corrected chi connectivity index (χ4v) is 3.40. The lowest BCUT2D eigenvalue weighted by atomic mass is 10.0. The molecule has 122 valence electrons. The maximum absolute atomic E-state index is 12.3. The predicted molar refractivity (Wildman–Crippen MR) is 83.4 cm³/mol. The highest BCUT2D eigenvalue weighted by Gasteiger charge is 2.25. The average molecular weight is 306 g/mol. The summed E-state index contributed by atoms with van der Waals surface area (Å²) >= 11 is 0. The van der Waals surface area contributed by atoms with Gasteiger partial charge in [-0.1, -0.05) is 6.42 Å². The van der Waals surface area contributed by atoms with Crippen molar-refractivity contribution in [1.82, 2.24) is 20.0 Å². The zero-order valence-corrected chi connectivity index (χ0v) is 13.1. The van der Waals surface area contributed by atoms with Gasteiger partial charge in [-0.05, 0) is 38.3 Å². The standard InChI is InChI=1S/C16H26N4O2/c21-16(18-14-5-10-22-11-6-14)13-19-8-2-1-4-15(19)12-20-9-3-7-17-20/h3,7,9,14-15H,1-2,4-6,8,10-13H2,(H,18,21)/t15-/m0/s1. The van der Waals surface area contributed by atoms with Crippen LogP contribution in [0.5, 0.6) is 0 Å². The first-order chi connectivity index (χ1) is 10.8. The van der Waals surface area contributed by atoms with Crippen molar-refractivity contribution in [1.29, 1.82) is 0 Å². The fraction of sp³-hybridized carbons (Fsp3) is 0.750. The van der Waals surface area contributed by atoms with Crippen LogP contribution in [0.1, 0.15) is 32.1 Å². The van der Waals surface area contributed by atoms with Crippen molar-refractivity contribution in [2.45, 2.75) is 50.7 Å². The number of hydrogen-bond acceptors (Lipinski definition) is 4. The van der Waals surface area contributed by atoms with E-state index in [-0.39, 0.29) is 11.9 Å². The summed E-state index contributed by atoms with van der Waals surface area (Å²) in [6.45, 7) is 3.90. The van der Waals surface area contributed by atoms with Gasteiger partial charge in [0.25, 0.3) is 0 Å². The third-order valence-corrected chi connectivity index (χ3v) is 4.64. The second-order valence-corrected chi connectivity index (χ2v) is 6.30. The molecule has 3 rings (SSSR count). The average Bonchev–Trinajstić information content (AvgIpc) is 3.03. The fourth-order valence-electron chi connectivity index (χ4n) is 3.40. The van der Waals surface area contributed by atoms with E-state index in [4.69, 9.17) is 4.74 Å². The van der Waals surface area contributed by atoms with Crippen LogP contribution < -0.4 is 5.32 Å². The van der Waals surface area contributed by atoms with Crippen LogP contribution in [-0.2, 0) is 16.1 Å². The number of aromatic nitrogens is 2. The van der Waals surface area contributed by atoms with Gasteiger partial charge in [0.1, 0.15) is 0 Å². The molecule has 0 saturated carbocycles. The summed E-state index contributed by atoms with van der Waals surface area (Å²) in [7, 11) is 0. The number of nitrogens with one attached hydrogen (secondary N) is 1. The van der Waals surface area contributed by atoms with Crippen molar-refractivity contribution in [2.75, 3.05) is 26.3 Å². The molecule has 1 aromatic rings. The lowest BCUT2D eigenvalue weighted by Crippen LogP contribution is -2.49. The number of rotatable bonds is 5. The highest BCUT2D eigenvalue weighted by molar-refractivity contribution is 5.78. The highest BCUT2D eigenvalue weighted by atomic mass is 16.5. The topological polar surface area (TPSA) is 59.4 Å². The zero-order chi connectivity index (χ0) is 15.2. The molecular weight excluding hydrogens is 280 g/mol. The molecule has 1 aromatic heterocycles. The Kier molecular flexibility index (Phi) is 5.45. The lowest BCUT2D eigenvalue weighted by Gasteiger charge is -2.35. The van der Waals surface area contributed by atoms with E-state index in [1.165, 1.54) is 12.8 Å². The van der Waals surface area contributed by atoms with Gasteiger partial charge in [-0.25, -0.2) is 0 Å². The van der Waals surface area contributed by atoms with Crippen LogP contribution in [0.15, 0.2) is 18.5 Å². The molecule has 1 atom stereocenters. The molecule has 2 aliphatic heterocycles. The second kappa shape index (κ2) is 7.74. The van der Waals surface area contributed by atoms with Gasteiger partial charge in [0.2, 0.25) is 5.91 Å². The first kappa shape index (κ1) is 15.5. The van der Waals surface area contributed by atoms with E-state index in [0.29, 0.717) is 12.6 Å². The Morgan fingerprint density at radius 2 is 2.14 bits per heavy atom. The Morgan fingerprint density at radius 1 is 1.27 bits per heavy atom. The maximum Gasteiger partial charge on any atom is 0.234 e. The predicted octanol–water partition coefficient (Wildman–Crippen LogP) is 1.03. The van der Waals surface area contributed by atoms with Crippen LogP contribution in [0, 0.1) is 0 Å². The third kappa shape index (κ3) is 4.30. The number of carbonyl (C=O) groups excluding carboxylic acids is 1. The smallest absolute Gasteiger partial charge is 0.234 e. The van der Waals surface area contributed by atoms with E-state index in [9.17, 15) is 4.79 Å². The summed E-state index contributed by atoms with van der Waals surface area (Å²) < 4.78 is 7.31. The van der Waals surface area contributed by atoms with Crippen molar-refractivity contribution >= 4 is 5.91 Å². The van der Waals surface area contributed by atoms with Gasteiger partial charge in [-0.2, -0.15) is 5.10 Å². The Balaban J connectivity index is 1.50. The molecule has 2 aliphatic rings. The SMILES string of the molecule is O=C(CN1CCCC[C@H]1Cn1cccn1)NC1CCOCC1. The number of hydrogen-bond donors (Lipinski definition) is 1. The molecule has 0 spiro atoms. The van der Waals surface area contributed by atoms with Crippen molar-refractivity contribution in [2.24, 2.45) is 0 Å². The molecule has 2 fully saturated rings. The summed E-state index contributed by atoms with van der Waals surface area (Å²) in [5, 5.41) is 7.46. The number of carbonyl (C=O) groups is 1. The molecule has 1 amide bonds. The Labute approximate surface area is 131 Å². The first-order valence-electron chi connectivity index (χ1n) is 8.40. The summed E-state index contributed by atoms with van der Waals surface area (Å²) in [6, 6.07) is 2.65. The Morgan fingerprint density at radius 3 is 2.91 bits per heavy atom. The zero-order valence-electron chi connectivity index (χ0n) is 13.1. The van der Waals surface area contributed by atoms with Crippen LogP contribution >= 0.6 is 0 Å². The van der Waals surface area contributed by atoms with Gasteiger partial charge in [0, 0.05) is 37.7 Å². The Bertz CT molecular complexity index is 457. The van der Waals surface area contributed by atoms with Gasteiger partial charge in [-0.3, -0.25) is 14.4 Å². The van der Waals surface area contributed by atoms with Crippen molar-refractivity contribution in [3.63, 3.8) is 0 Å². The van der Waals surface area contributed by atoms with E-state index in [1.54, 1.807) is 0 Å². The molecule has 0 unspecified atom stereocenters. The van der Waals surface area contributed by atoms with Gasteiger partial charge in [-0.15, -0.1) is 0 Å². The van der Waals surface area contributed by atoms with Crippen molar-refractivity contribution in [3.05, 3.63) is 18.5 Å². The molecule has 6 nitrogen and oxygen atoms in total. The molecule has 2 saturated heterocycles. The molecule has 0 aromatic carbocycles. The van der Waals surface area contributed by atoms with E-state index in [0.717, 1.165) is 45.6 Å². The monoisotopic (exact) mass is 306 g/mol. The van der Waals surface area contributed by atoms with Crippen LogP contribution in [0.3, 0.4) is 0 Å². The van der Waals surface area contributed by atoms with E-state index in [1.807, 2.05) is 23.1 Å². The normalized spacial score (nSPS) is 24.3. The van der Waals surface area contributed by atoms with Crippen LogP contribution in [0.25, 0.3) is 0 Å². The molecule has 3 heterocycles. The molecule has 1 N–H and O–H groups in total. The van der Waals surface area contributed by atoms with E-state index in [2.05, 4.69) is 15.3 Å². The van der Waals surface area contributed by atoms with Crippen LogP contribution in [0.4, 0.5) is 0 Å². The lowest BCUT2D eigenvalue weighted by molar-refractivity contribution is -0.124. The molecule has 0 radical (unpaired) electrons. The minimum atomic E-state index is 0.152. The number of piperidine rings is 1. The minimum absolute atomic E-state index is 0.152. The number of likely N-dealkylation sites (tertiary alicyclic amines) is 1. The second-order valence-electron chi connectivity index (χ2n) is 6.30. The number of nitrogens with zero attached hydrogens (tertiary/aromatic N) is 3. The maximum atomic E-state index is 12.3. The highest BCUT2D eigenvalue weighted by Crippen LogP contribution is 2.18. The summed E-state index contributed by atoms with van der Waals surface area (Å²) in [5.74, 6) is 0.152. The van der Waals surface area contributed by atoms with Crippen molar-refractivity contribution < 1.29 is 9.53 Å². The molecule has 0 aliphatic carbocycles. The molecular formula is C16H26N4O2. The van der Waals surface area contributed by atoms with Gasteiger partial charge in [0.05, 0.1) is 13.1 Å². The third-order valence-electron chi connectivity index (χ3n) is 4.64. The van der Waals surface area contributed by atoms with E-state index < -0.39 is 0 Å². The minimum Gasteiger partial charge on any atom is -0.381 e. The van der Waals surface area contributed by atoms with Crippen LogP contribution in [0.2, 0.25) is 0 Å². The quantitative estimate of drug-likeness (QED) is 0.883. The summed E-state index contributed by atoms with van der Waals surface area (Å²) in [6.07, 6.45) is 9.24. The summed E-state index contributed by atoms with van der Waals surface area (Å²) in [4.78, 5) is 14.6.